The van der Waals surface area contributed by atoms with Crippen molar-refractivity contribution < 1.29 is 16.8 Å². The van der Waals surface area contributed by atoms with Gasteiger partial charge in [0.1, 0.15) is 0 Å². The maximum absolute atomic E-state index is 12.2. The van der Waals surface area contributed by atoms with E-state index in [1.807, 2.05) is 0 Å². The molecule has 1 aromatic rings. The van der Waals surface area contributed by atoms with E-state index in [0.29, 0.717) is 5.69 Å². The second-order valence-electron chi connectivity index (χ2n) is 4.34. The van der Waals surface area contributed by atoms with Gasteiger partial charge >= 0.3 is 0 Å². The Morgan fingerprint density at radius 3 is 2.20 bits per heavy atom. The monoisotopic (exact) mass is 319 g/mol. The molecule has 0 saturated heterocycles. The Morgan fingerprint density at radius 2 is 1.75 bits per heavy atom. The summed E-state index contributed by atoms with van der Waals surface area (Å²) in [6, 6.07) is 8.12. The van der Waals surface area contributed by atoms with E-state index < -0.39 is 24.9 Å². The molecule has 0 spiro atoms. The molecule has 0 aromatic heterocycles. The van der Waals surface area contributed by atoms with Crippen LogP contribution in [0.1, 0.15) is 6.42 Å². The zero-order valence-corrected chi connectivity index (χ0v) is 12.6. The number of hydrogen-bond acceptors (Lipinski definition) is 5. The minimum Gasteiger partial charge on any atom is -0.388 e. The van der Waals surface area contributed by atoms with E-state index in [4.69, 9.17) is 11.1 Å². The summed E-state index contributed by atoms with van der Waals surface area (Å²) in [6.45, 7) is -0.0722. The van der Waals surface area contributed by atoms with Gasteiger partial charge in [-0.2, -0.15) is 0 Å². The van der Waals surface area contributed by atoms with Crippen LogP contribution in [-0.4, -0.2) is 40.6 Å². The van der Waals surface area contributed by atoms with Crippen molar-refractivity contribution in [2.24, 2.45) is 5.73 Å². The van der Waals surface area contributed by atoms with Crippen LogP contribution in [0.15, 0.2) is 30.3 Å². The van der Waals surface area contributed by atoms with Crippen molar-refractivity contribution in [1.82, 2.24) is 0 Å². The molecule has 20 heavy (non-hydrogen) atoms. The number of rotatable bonds is 7. The van der Waals surface area contributed by atoms with Crippen LogP contribution in [0, 0.1) is 5.41 Å². The van der Waals surface area contributed by atoms with Gasteiger partial charge in [-0.3, -0.25) is 9.71 Å². The average Bonchev–Trinajstić information content (AvgIpc) is 2.26. The number of nitrogens with one attached hydrogen (secondary N) is 1. The fraction of sp³-hybridized carbons (Fsp3) is 0.364. The molecular formula is C11H17N3O4S2. The van der Waals surface area contributed by atoms with Gasteiger partial charge in [0.25, 0.3) is 0 Å². The van der Waals surface area contributed by atoms with Crippen molar-refractivity contribution >= 4 is 31.4 Å². The Kier molecular flexibility index (Phi) is 5.12. The Hall–Kier alpha value is -1.61. The van der Waals surface area contributed by atoms with Crippen molar-refractivity contribution in [2.75, 3.05) is 22.2 Å². The second-order valence-corrected chi connectivity index (χ2v) is 8.74. The number of hydrogen-bond donors (Lipinski definition) is 2. The van der Waals surface area contributed by atoms with Crippen LogP contribution in [0.5, 0.6) is 0 Å². The molecule has 0 saturated carbocycles. The van der Waals surface area contributed by atoms with Crippen LogP contribution in [0.4, 0.5) is 5.69 Å². The lowest BCUT2D eigenvalue weighted by molar-refractivity contribution is 0.588. The van der Waals surface area contributed by atoms with E-state index in [9.17, 15) is 16.8 Å². The summed E-state index contributed by atoms with van der Waals surface area (Å²) in [4.78, 5) is 0. The molecule has 9 heteroatoms. The van der Waals surface area contributed by atoms with Crippen LogP contribution in [0.2, 0.25) is 0 Å². The molecule has 0 unspecified atom stereocenters. The lowest BCUT2D eigenvalue weighted by Crippen LogP contribution is -2.37. The smallest absolute Gasteiger partial charge is 0.249 e. The van der Waals surface area contributed by atoms with E-state index in [-0.39, 0.29) is 18.8 Å². The van der Waals surface area contributed by atoms with E-state index in [1.165, 1.54) is 0 Å². The second kappa shape index (κ2) is 6.23. The Morgan fingerprint density at radius 1 is 1.20 bits per heavy atom. The molecule has 0 aliphatic rings. The number of anilines is 1. The number of sulfonamides is 1. The molecule has 7 nitrogen and oxygen atoms in total. The number of nitrogens with zero attached hydrogens (tertiary/aromatic N) is 1. The van der Waals surface area contributed by atoms with Gasteiger partial charge < -0.3 is 5.73 Å². The van der Waals surface area contributed by atoms with Gasteiger partial charge in [-0.25, -0.2) is 16.8 Å². The van der Waals surface area contributed by atoms with Crippen LogP contribution in [0.25, 0.3) is 0 Å². The summed E-state index contributed by atoms with van der Waals surface area (Å²) >= 11 is 0. The molecule has 0 bridgehead atoms. The predicted octanol–water partition coefficient (Wildman–Crippen LogP) is 0.151. The lowest BCUT2D eigenvalue weighted by atomic mass is 10.3. The third kappa shape index (κ3) is 5.17. The molecular weight excluding hydrogens is 302 g/mol. The van der Waals surface area contributed by atoms with Gasteiger partial charge in [-0.1, -0.05) is 18.2 Å². The van der Waals surface area contributed by atoms with Gasteiger partial charge in [-0.15, -0.1) is 0 Å². The lowest BCUT2D eigenvalue weighted by Gasteiger charge is -2.23. The molecule has 0 atom stereocenters. The minimum atomic E-state index is -4.04. The molecule has 0 amide bonds. The largest absolute Gasteiger partial charge is 0.388 e. The molecule has 112 valence electrons. The van der Waals surface area contributed by atoms with Gasteiger partial charge in [0.2, 0.25) is 10.0 Å². The summed E-state index contributed by atoms with van der Waals surface area (Å²) in [7, 11) is -7.72. The molecule has 0 aliphatic heterocycles. The van der Waals surface area contributed by atoms with E-state index >= 15 is 0 Å². The van der Waals surface area contributed by atoms with Crippen molar-refractivity contribution in [3.63, 3.8) is 0 Å². The van der Waals surface area contributed by atoms with Gasteiger partial charge in [0.05, 0.1) is 11.5 Å². The Bertz CT molecular complexity index is 669. The third-order valence-corrected chi connectivity index (χ3v) is 6.30. The van der Waals surface area contributed by atoms with Crippen LogP contribution in [0.3, 0.4) is 0 Å². The maximum Gasteiger partial charge on any atom is 0.249 e. The quantitative estimate of drug-likeness (QED) is 0.547. The SMILES string of the molecule is CS(=O)(=O)CS(=O)(=O)N(CCC(=N)N)c1ccccc1. The summed E-state index contributed by atoms with van der Waals surface area (Å²) in [5, 5.41) is 6.19. The molecule has 0 radical (unpaired) electrons. The highest BCUT2D eigenvalue weighted by atomic mass is 32.3. The zero-order valence-electron chi connectivity index (χ0n) is 11.0. The van der Waals surface area contributed by atoms with Crippen LogP contribution in [-0.2, 0) is 19.9 Å². The highest BCUT2D eigenvalue weighted by Gasteiger charge is 2.26. The topological polar surface area (TPSA) is 121 Å². The first-order valence-electron chi connectivity index (χ1n) is 5.68. The average molecular weight is 319 g/mol. The third-order valence-electron chi connectivity index (χ3n) is 2.33. The summed E-state index contributed by atoms with van der Waals surface area (Å²) in [6.07, 6.45) is 0.885. The maximum atomic E-state index is 12.2. The molecule has 0 fully saturated rings. The number of sulfone groups is 1. The van der Waals surface area contributed by atoms with Gasteiger partial charge in [0.15, 0.2) is 14.9 Å². The molecule has 1 aromatic carbocycles. The first-order valence-corrected chi connectivity index (χ1v) is 9.35. The molecule has 3 N–H and O–H groups in total. The highest BCUT2D eigenvalue weighted by Crippen LogP contribution is 2.19. The summed E-state index contributed by atoms with van der Waals surface area (Å²) in [5.74, 6) is -0.166. The normalized spacial score (nSPS) is 12.1. The van der Waals surface area contributed by atoms with E-state index in [0.717, 1.165) is 10.6 Å². The molecule has 1 rings (SSSR count). The van der Waals surface area contributed by atoms with E-state index in [2.05, 4.69) is 0 Å². The minimum absolute atomic E-state index is 0.0257. The summed E-state index contributed by atoms with van der Waals surface area (Å²) < 4.78 is 47.9. The Balaban J connectivity index is 3.14. The Labute approximate surface area is 118 Å². The fourth-order valence-corrected chi connectivity index (χ4v) is 5.06. The van der Waals surface area contributed by atoms with Crippen molar-refractivity contribution in [1.29, 1.82) is 5.41 Å². The van der Waals surface area contributed by atoms with Crippen LogP contribution >= 0.6 is 0 Å². The molecule has 0 aliphatic carbocycles. The zero-order chi connectivity index (χ0) is 15.4. The number of benzene rings is 1. The highest BCUT2D eigenvalue weighted by molar-refractivity contribution is 8.08. The van der Waals surface area contributed by atoms with E-state index in [1.54, 1.807) is 30.3 Å². The van der Waals surface area contributed by atoms with Crippen molar-refractivity contribution in [3.05, 3.63) is 30.3 Å². The first-order chi connectivity index (χ1) is 9.12. The predicted molar refractivity (Wildman–Crippen MR) is 78.9 cm³/mol. The number of amidine groups is 1. The standard InChI is InChI=1S/C11H17N3O4S2/c1-19(15,16)9-20(17,18)14(8-7-11(12)13)10-5-3-2-4-6-10/h2-6H,7-9H2,1H3,(H3,12,13). The molecule has 0 heterocycles. The number of para-hydroxylation sites is 1. The summed E-state index contributed by atoms with van der Waals surface area (Å²) in [5.41, 5.74) is 5.58. The first kappa shape index (κ1) is 16.4. The van der Waals surface area contributed by atoms with Gasteiger partial charge in [-0.05, 0) is 12.1 Å². The van der Waals surface area contributed by atoms with Gasteiger partial charge in [0, 0.05) is 19.2 Å². The van der Waals surface area contributed by atoms with Crippen molar-refractivity contribution in [3.8, 4) is 0 Å². The van der Waals surface area contributed by atoms with Crippen molar-refractivity contribution in [2.45, 2.75) is 6.42 Å². The number of nitrogens with two attached hydrogens (primary N) is 1. The van der Waals surface area contributed by atoms with Crippen LogP contribution < -0.4 is 10.0 Å². The fourth-order valence-electron chi connectivity index (χ4n) is 1.58.